The second-order valence-electron chi connectivity index (χ2n) is 4.39. The van der Waals surface area contributed by atoms with Crippen LogP contribution in [0.4, 0.5) is 5.69 Å². The van der Waals surface area contributed by atoms with Crippen LogP contribution in [0.15, 0.2) is 42.5 Å². The van der Waals surface area contributed by atoms with E-state index < -0.39 is 5.97 Å². The zero-order valence-corrected chi connectivity index (χ0v) is 11.6. The fourth-order valence-corrected chi connectivity index (χ4v) is 2.06. The van der Waals surface area contributed by atoms with Crippen LogP contribution in [0, 0.1) is 0 Å². The Bertz CT molecular complexity index is 700. The predicted octanol–water partition coefficient (Wildman–Crippen LogP) is 2.92. The van der Waals surface area contributed by atoms with E-state index in [4.69, 9.17) is 16.7 Å². The van der Waals surface area contributed by atoms with Gasteiger partial charge in [0.2, 0.25) is 5.91 Å². The second kappa shape index (κ2) is 6.28. The van der Waals surface area contributed by atoms with Crippen molar-refractivity contribution in [3.63, 3.8) is 0 Å². The third-order valence-electron chi connectivity index (χ3n) is 2.76. The highest BCUT2D eigenvalue weighted by Crippen LogP contribution is 2.21. The Morgan fingerprint density at radius 2 is 1.90 bits per heavy atom. The number of carboxylic acid groups (broad SMARTS) is 1. The molecule has 21 heavy (non-hydrogen) atoms. The maximum absolute atomic E-state index is 11.9. The van der Waals surface area contributed by atoms with E-state index in [1.54, 1.807) is 24.3 Å². The zero-order chi connectivity index (χ0) is 15.4. The van der Waals surface area contributed by atoms with E-state index in [1.165, 1.54) is 12.1 Å². The minimum absolute atomic E-state index is 0.0699. The lowest BCUT2D eigenvalue weighted by atomic mass is 10.1. The van der Waals surface area contributed by atoms with E-state index in [1.807, 2.05) is 0 Å². The van der Waals surface area contributed by atoms with Crippen molar-refractivity contribution in [2.45, 2.75) is 6.42 Å². The molecule has 0 radical (unpaired) electrons. The Morgan fingerprint density at radius 3 is 2.57 bits per heavy atom. The molecule has 0 aliphatic rings. The van der Waals surface area contributed by atoms with Crippen molar-refractivity contribution in [2.24, 2.45) is 0 Å². The van der Waals surface area contributed by atoms with Crippen LogP contribution >= 0.6 is 11.6 Å². The molecule has 0 bridgehead atoms. The molecule has 6 heteroatoms. The molecule has 0 aliphatic carbocycles. The van der Waals surface area contributed by atoms with E-state index >= 15 is 0 Å². The molecule has 0 fully saturated rings. The molecule has 0 heterocycles. The first-order chi connectivity index (χ1) is 9.95. The maximum atomic E-state index is 11.9. The smallest absolute Gasteiger partial charge is 0.337 e. The molecule has 2 rings (SSSR count). The van der Waals surface area contributed by atoms with Gasteiger partial charge >= 0.3 is 5.97 Å². The molecule has 0 aromatic heterocycles. The van der Waals surface area contributed by atoms with Gasteiger partial charge in [0.05, 0.1) is 17.7 Å². The summed E-state index contributed by atoms with van der Waals surface area (Å²) in [5.74, 6) is -1.78. The Balaban J connectivity index is 2.15. The van der Waals surface area contributed by atoms with Crippen molar-refractivity contribution in [2.75, 3.05) is 5.32 Å². The number of rotatable bonds is 4. The van der Waals surface area contributed by atoms with E-state index in [0.717, 1.165) is 11.6 Å². The third kappa shape index (κ3) is 3.97. The van der Waals surface area contributed by atoms with Crippen molar-refractivity contribution < 1.29 is 19.8 Å². The van der Waals surface area contributed by atoms with Gasteiger partial charge in [0.15, 0.2) is 0 Å². The number of benzene rings is 2. The molecular weight excluding hydrogens is 294 g/mol. The Kier molecular flexibility index (Phi) is 4.45. The summed E-state index contributed by atoms with van der Waals surface area (Å²) in [6.07, 6.45) is 0.0699. The number of aromatic carboxylic acids is 1. The van der Waals surface area contributed by atoms with Gasteiger partial charge in [-0.3, -0.25) is 4.79 Å². The number of phenolic OH excluding ortho intramolecular Hbond substituents is 1. The molecule has 0 aliphatic heterocycles. The summed E-state index contributed by atoms with van der Waals surface area (Å²) in [5.41, 5.74) is 0.678. The van der Waals surface area contributed by atoms with Crippen LogP contribution in [-0.4, -0.2) is 22.1 Å². The first-order valence-electron chi connectivity index (χ1n) is 6.06. The van der Waals surface area contributed by atoms with Crippen molar-refractivity contribution in [3.05, 3.63) is 58.6 Å². The lowest BCUT2D eigenvalue weighted by molar-refractivity contribution is -0.115. The van der Waals surface area contributed by atoms with Crippen LogP contribution in [-0.2, 0) is 11.2 Å². The molecule has 2 aromatic rings. The number of carbonyl (C=O) groups excluding carboxylic acids is 1. The monoisotopic (exact) mass is 305 g/mol. The number of carbonyl (C=O) groups is 2. The molecule has 0 atom stereocenters. The Morgan fingerprint density at radius 1 is 1.14 bits per heavy atom. The number of hydrogen-bond acceptors (Lipinski definition) is 3. The van der Waals surface area contributed by atoms with Gasteiger partial charge in [-0.25, -0.2) is 4.79 Å². The topological polar surface area (TPSA) is 86.6 Å². The average molecular weight is 306 g/mol. The summed E-state index contributed by atoms with van der Waals surface area (Å²) < 4.78 is 0. The van der Waals surface area contributed by atoms with Crippen molar-refractivity contribution >= 4 is 29.2 Å². The largest absolute Gasteiger partial charge is 0.508 e. The second-order valence-corrected chi connectivity index (χ2v) is 4.83. The number of aromatic hydroxyl groups is 1. The van der Waals surface area contributed by atoms with E-state index in [0.29, 0.717) is 5.02 Å². The number of halogens is 1. The molecule has 1 amide bonds. The fourth-order valence-electron chi connectivity index (χ4n) is 1.84. The van der Waals surface area contributed by atoms with Crippen molar-refractivity contribution in [1.82, 2.24) is 0 Å². The van der Waals surface area contributed by atoms with Crippen LogP contribution in [0.5, 0.6) is 5.75 Å². The van der Waals surface area contributed by atoms with E-state index in [-0.39, 0.29) is 29.3 Å². The zero-order valence-electron chi connectivity index (χ0n) is 10.8. The van der Waals surface area contributed by atoms with Gasteiger partial charge in [0.1, 0.15) is 5.75 Å². The van der Waals surface area contributed by atoms with Crippen LogP contribution in [0.3, 0.4) is 0 Å². The summed E-state index contributed by atoms with van der Waals surface area (Å²) in [4.78, 5) is 23.0. The maximum Gasteiger partial charge on any atom is 0.337 e. The summed E-state index contributed by atoms with van der Waals surface area (Å²) >= 11 is 5.84. The number of phenols is 1. The average Bonchev–Trinajstić information content (AvgIpc) is 2.40. The van der Waals surface area contributed by atoms with Gasteiger partial charge in [-0.05, 0) is 35.9 Å². The van der Waals surface area contributed by atoms with Crippen LogP contribution in [0.25, 0.3) is 0 Å². The minimum Gasteiger partial charge on any atom is -0.508 e. The highest BCUT2D eigenvalue weighted by molar-refractivity contribution is 6.30. The minimum atomic E-state index is -1.23. The van der Waals surface area contributed by atoms with Crippen LogP contribution < -0.4 is 5.32 Å². The lowest BCUT2D eigenvalue weighted by Crippen LogP contribution is -2.16. The standard InChI is InChI=1S/C15H12ClNO4/c16-10-3-1-2-9(6-10)7-14(19)17-13-5-4-11(18)8-12(13)15(20)21/h1-6,8,18H,7H2,(H,17,19)(H,20,21). The normalized spacial score (nSPS) is 10.1. The number of carboxylic acids is 1. The van der Waals surface area contributed by atoms with Gasteiger partial charge in [-0.15, -0.1) is 0 Å². The van der Waals surface area contributed by atoms with E-state index in [2.05, 4.69) is 5.32 Å². The molecule has 108 valence electrons. The molecule has 2 aromatic carbocycles. The van der Waals surface area contributed by atoms with Gasteiger partial charge in [-0.1, -0.05) is 23.7 Å². The molecular formula is C15H12ClNO4. The van der Waals surface area contributed by atoms with Gasteiger partial charge < -0.3 is 15.5 Å². The van der Waals surface area contributed by atoms with Gasteiger partial charge in [0.25, 0.3) is 0 Å². The summed E-state index contributed by atoms with van der Waals surface area (Å²) in [7, 11) is 0. The third-order valence-corrected chi connectivity index (χ3v) is 3.00. The molecule has 5 nitrogen and oxygen atoms in total. The summed E-state index contributed by atoms with van der Waals surface area (Å²) in [6.45, 7) is 0. The van der Waals surface area contributed by atoms with Crippen LogP contribution in [0.2, 0.25) is 5.02 Å². The molecule has 0 spiro atoms. The Labute approximate surface area is 125 Å². The highest BCUT2D eigenvalue weighted by atomic mass is 35.5. The quantitative estimate of drug-likeness (QED) is 0.758. The summed E-state index contributed by atoms with van der Waals surface area (Å²) in [5, 5.41) is 21.4. The molecule has 0 unspecified atom stereocenters. The Hall–Kier alpha value is -2.53. The van der Waals surface area contributed by atoms with Gasteiger partial charge in [-0.2, -0.15) is 0 Å². The molecule has 3 N–H and O–H groups in total. The highest BCUT2D eigenvalue weighted by Gasteiger charge is 2.13. The molecule has 0 saturated heterocycles. The SMILES string of the molecule is O=C(Cc1cccc(Cl)c1)Nc1ccc(O)cc1C(=O)O. The van der Waals surface area contributed by atoms with Crippen LogP contribution in [0.1, 0.15) is 15.9 Å². The molecule has 0 saturated carbocycles. The first-order valence-corrected chi connectivity index (χ1v) is 6.44. The van der Waals surface area contributed by atoms with E-state index in [9.17, 15) is 14.7 Å². The van der Waals surface area contributed by atoms with Gasteiger partial charge in [0, 0.05) is 5.02 Å². The van der Waals surface area contributed by atoms with Crippen molar-refractivity contribution in [3.8, 4) is 5.75 Å². The first kappa shape index (κ1) is 14.9. The van der Waals surface area contributed by atoms with Crippen molar-refractivity contribution in [1.29, 1.82) is 0 Å². The lowest BCUT2D eigenvalue weighted by Gasteiger charge is -2.09. The number of hydrogen-bond donors (Lipinski definition) is 3. The predicted molar refractivity (Wildman–Crippen MR) is 78.9 cm³/mol. The number of nitrogens with one attached hydrogen (secondary N) is 1. The number of anilines is 1. The number of amides is 1. The summed E-state index contributed by atoms with van der Waals surface area (Å²) in [6, 6.07) is 10.6. The fraction of sp³-hybridized carbons (Fsp3) is 0.0667.